The number of hydrogen-bond donors (Lipinski definition) is 0. The van der Waals surface area contributed by atoms with Crippen LogP contribution in [0.25, 0.3) is 27.5 Å². The van der Waals surface area contributed by atoms with E-state index in [4.69, 9.17) is 4.74 Å². The van der Waals surface area contributed by atoms with E-state index in [9.17, 15) is 0 Å². The summed E-state index contributed by atoms with van der Waals surface area (Å²) in [6.07, 6.45) is 0. The smallest absolute Gasteiger partial charge is 0.256 e. The first-order valence-electron chi connectivity index (χ1n) is 11.0. The quantitative estimate of drug-likeness (QED) is 0.327. The van der Waals surface area contributed by atoms with Gasteiger partial charge in [0.1, 0.15) is 11.5 Å². The zero-order valence-corrected chi connectivity index (χ0v) is 17.9. The lowest BCUT2D eigenvalue weighted by atomic mass is 9.34. The third kappa shape index (κ3) is 2.09. The van der Waals surface area contributed by atoms with Gasteiger partial charge in [-0.05, 0) is 45.6 Å². The van der Waals surface area contributed by atoms with Crippen LogP contribution in [0.2, 0.25) is 0 Å². The van der Waals surface area contributed by atoms with Crippen LogP contribution in [-0.2, 0) is 5.41 Å². The van der Waals surface area contributed by atoms with Gasteiger partial charge in [0, 0.05) is 22.0 Å². The van der Waals surface area contributed by atoms with Crippen LogP contribution in [0, 0.1) is 0 Å². The van der Waals surface area contributed by atoms with Crippen LogP contribution < -0.4 is 21.1 Å². The van der Waals surface area contributed by atoms with Crippen molar-refractivity contribution in [3.8, 4) is 17.2 Å². The van der Waals surface area contributed by atoms with Gasteiger partial charge in [-0.2, -0.15) is 0 Å². The molecule has 0 saturated carbocycles. The van der Waals surface area contributed by atoms with Gasteiger partial charge in [-0.25, -0.2) is 0 Å². The fourth-order valence-electron chi connectivity index (χ4n) is 5.71. The maximum absolute atomic E-state index is 6.67. The molecule has 31 heavy (non-hydrogen) atoms. The lowest BCUT2D eigenvalue weighted by molar-refractivity contribution is 0.459. The van der Waals surface area contributed by atoms with Gasteiger partial charge < -0.3 is 9.30 Å². The maximum atomic E-state index is 6.67. The molecule has 0 bridgehead atoms. The van der Waals surface area contributed by atoms with E-state index in [0.717, 1.165) is 11.5 Å². The Morgan fingerprint density at radius 3 is 2.35 bits per heavy atom. The first kappa shape index (κ1) is 17.2. The zero-order valence-electron chi connectivity index (χ0n) is 17.9. The number of nitrogens with zero attached hydrogens (tertiary/aromatic N) is 1. The third-order valence-electron chi connectivity index (χ3n) is 6.99. The summed E-state index contributed by atoms with van der Waals surface area (Å²) >= 11 is 0. The lowest BCUT2D eigenvalue weighted by Gasteiger charge is -2.35. The average molecular weight is 399 g/mol. The summed E-state index contributed by atoms with van der Waals surface area (Å²) in [6.45, 7) is 6.96. The van der Waals surface area contributed by atoms with E-state index in [-0.39, 0.29) is 12.1 Å². The highest BCUT2D eigenvalue weighted by Gasteiger charge is 2.41. The van der Waals surface area contributed by atoms with E-state index in [1.165, 1.54) is 49.4 Å². The summed E-state index contributed by atoms with van der Waals surface area (Å²) in [7, 11) is 0. The fraction of sp³-hybridized carbons (Fsp3) is 0.143. The normalized spacial score (nSPS) is 13.8. The fourth-order valence-corrected chi connectivity index (χ4v) is 5.71. The molecule has 7 rings (SSSR count). The summed E-state index contributed by atoms with van der Waals surface area (Å²) in [5.74, 6) is 2.01. The minimum absolute atomic E-state index is 0.00995. The van der Waals surface area contributed by atoms with E-state index < -0.39 is 0 Å². The third-order valence-corrected chi connectivity index (χ3v) is 6.99. The first-order chi connectivity index (χ1) is 15.0. The van der Waals surface area contributed by atoms with Crippen molar-refractivity contribution >= 4 is 44.9 Å². The Morgan fingerprint density at radius 1 is 0.742 bits per heavy atom. The second-order valence-corrected chi connectivity index (χ2v) is 9.79. The SMILES string of the molecule is CC(C)(C)c1cccc2c1Oc1cccc3c1B2c1cccc2c4ccccc4n-3c12. The molecule has 2 aliphatic heterocycles. The Labute approximate surface area is 182 Å². The highest BCUT2D eigenvalue weighted by atomic mass is 16.5. The lowest BCUT2D eigenvalue weighted by Crippen LogP contribution is -2.58. The summed E-state index contributed by atoms with van der Waals surface area (Å²) in [4.78, 5) is 0. The number of hydrogen-bond acceptors (Lipinski definition) is 1. The molecule has 3 heteroatoms. The Morgan fingerprint density at radius 2 is 1.48 bits per heavy atom. The molecule has 0 radical (unpaired) electrons. The van der Waals surface area contributed by atoms with Crippen LogP contribution in [0.5, 0.6) is 11.5 Å². The van der Waals surface area contributed by atoms with Crippen molar-refractivity contribution in [1.29, 1.82) is 0 Å². The predicted octanol–water partition coefficient (Wildman–Crippen LogP) is 5.02. The standard InChI is InChI=1S/C28H22BNO/c1-28(2,3)19-11-7-13-21-27(19)31-24-16-8-15-23-25(24)29(21)20-12-6-10-18-17-9-4-5-14-22(17)30(23)26(18)20/h4-16H,1-3H3. The summed E-state index contributed by atoms with van der Waals surface area (Å²) < 4.78 is 9.11. The molecule has 0 saturated heterocycles. The number of para-hydroxylation sites is 3. The van der Waals surface area contributed by atoms with Gasteiger partial charge >= 0.3 is 0 Å². The number of rotatable bonds is 0. The Balaban J connectivity index is 1.68. The van der Waals surface area contributed by atoms with Gasteiger partial charge in [-0.3, -0.25) is 0 Å². The largest absolute Gasteiger partial charge is 0.458 e. The van der Waals surface area contributed by atoms with Crippen LogP contribution >= 0.6 is 0 Å². The Bertz CT molecular complexity index is 1550. The molecule has 0 spiro atoms. The van der Waals surface area contributed by atoms with Gasteiger partial charge in [-0.1, -0.05) is 81.4 Å². The van der Waals surface area contributed by atoms with E-state index >= 15 is 0 Å². The summed E-state index contributed by atoms with van der Waals surface area (Å²) in [6, 6.07) is 28.7. The average Bonchev–Trinajstić information content (AvgIpc) is 3.11. The molecule has 148 valence electrons. The zero-order chi connectivity index (χ0) is 20.9. The number of benzene rings is 4. The monoisotopic (exact) mass is 399 g/mol. The van der Waals surface area contributed by atoms with Gasteiger partial charge in [0.25, 0.3) is 6.71 Å². The number of fused-ring (bicyclic) bond motifs is 7. The molecular weight excluding hydrogens is 377 g/mol. The molecule has 0 fully saturated rings. The summed E-state index contributed by atoms with van der Waals surface area (Å²) in [5, 5.41) is 2.63. The van der Waals surface area contributed by atoms with Crippen molar-refractivity contribution in [3.05, 3.63) is 84.4 Å². The molecule has 2 nitrogen and oxygen atoms in total. The Hall–Kier alpha value is -3.46. The van der Waals surface area contributed by atoms with E-state index in [1.807, 2.05) is 0 Å². The molecule has 0 N–H and O–H groups in total. The van der Waals surface area contributed by atoms with Gasteiger partial charge in [0.2, 0.25) is 0 Å². The van der Waals surface area contributed by atoms with E-state index in [2.05, 4.69) is 104 Å². The van der Waals surface area contributed by atoms with Crippen LogP contribution in [0.4, 0.5) is 0 Å². The molecule has 0 aliphatic carbocycles. The molecule has 2 aliphatic rings. The van der Waals surface area contributed by atoms with Crippen molar-refractivity contribution in [1.82, 2.24) is 4.57 Å². The topological polar surface area (TPSA) is 14.2 Å². The molecule has 3 heterocycles. The summed E-state index contributed by atoms with van der Waals surface area (Å²) in [5.41, 5.74) is 9.01. The molecule has 5 aromatic rings. The first-order valence-corrected chi connectivity index (χ1v) is 11.0. The second kappa shape index (κ2) is 5.61. The van der Waals surface area contributed by atoms with E-state index in [0.29, 0.717) is 0 Å². The Kier molecular flexibility index (Phi) is 3.12. The van der Waals surface area contributed by atoms with Gasteiger partial charge in [0.15, 0.2) is 0 Å². The van der Waals surface area contributed by atoms with Gasteiger partial charge in [-0.15, -0.1) is 0 Å². The van der Waals surface area contributed by atoms with Gasteiger partial charge in [0.05, 0.1) is 5.52 Å². The highest BCUT2D eigenvalue weighted by molar-refractivity contribution is 6.99. The maximum Gasteiger partial charge on any atom is 0.256 e. The predicted molar refractivity (Wildman–Crippen MR) is 131 cm³/mol. The van der Waals surface area contributed by atoms with E-state index in [1.54, 1.807) is 0 Å². The molecule has 4 aromatic carbocycles. The van der Waals surface area contributed by atoms with Crippen molar-refractivity contribution < 1.29 is 4.74 Å². The second-order valence-electron chi connectivity index (χ2n) is 9.79. The van der Waals surface area contributed by atoms with Crippen LogP contribution in [0.3, 0.4) is 0 Å². The molecule has 1 aromatic heterocycles. The molecule has 0 atom stereocenters. The highest BCUT2D eigenvalue weighted by Crippen LogP contribution is 2.39. The molecule has 0 amide bonds. The van der Waals surface area contributed by atoms with Crippen molar-refractivity contribution in [2.24, 2.45) is 0 Å². The van der Waals surface area contributed by atoms with Crippen molar-refractivity contribution in [2.75, 3.05) is 0 Å². The van der Waals surface area contributed by atoms with Crippen LogP contribution in [0.1, 0.15) is 26.3 Å². The minimum Gasteiger partial charge on any atom is -0.458 e. The van der Waals surface area contributed by atoms with Crippen LogP contribution in [0.15, 0.2) is 78.9 Å². The molecule has 0 unspecified atom stereocenters. The van der Waals surface area contributed by atoms with Crippen LogP contribution in [-0.4, -0.2) is 11.3 Å². The molecular formula is C28H22BNO. The number of ether oxygens (including phenoxy) is 1. The number of aromatic nitrogens is 1. The van der Waals surface area contributed by atoms with Crippen molar-refractivity contribution in [2.45, 2.75) is 26.2 Å². The minimum atomic E-state index is 0.00995. The van der Waals surface area contributed by atoms with Crippen molar-refractivity contribution in [3.63, 3.8) is 0 Å².